The summed E-state index contributed by atoms with van der Waals surface area (Å²) in [6, 6.07) is 14.6. The Morgan fingerprint density at radius 3 is 1.80 bits per heavy atom. The van der Waals surface area contributed by atoms with E-state index >= 15 is 0 Å². The Balaban J connectivity index is 0.000000204. The van der Waals surface area contributed by atoms with Crippen molar-refractivity contribution in [3.8, 4) is 0 Å². The fraction of sp³-hybridized carbons (Fsp3) is 0.0769. The molecule has 20 heavy (non-hydrogen) atoms. The Kier molecular flexibility index (Phi) is 6.35. The SMILES string of the molecule is Cc1ccc(S(=O)(=O)[O-])cc1.O[Se+](O)c1ccccc1. The van der Waals surface area contributed by atoms with Gasteiger partial charge in [0.2, 0.25) is 0 Å². The number of aryl methyl sites for hydroxylation is 1. The molecule has 0 radical (unpaired) electrons. The first kappa shape index (κ1) is 16.8. The van der Waals surface area contributed by atoms with E-state index in [1.54, 1.807) is 36.4 Å². The van der Waals surface area contributed by atoms with Crippen LogP contribution in [0.25, 0.3) is 0 Å². The fourth-order valence-electron chi connectivity index (χ4n) is 1.25. The van der Waals surface area contributed by atoms with E-state index in [4.69, 9.17) is 8.38 Å². The maximum atomic E-state index is 10.4. The van der Waals surface area contributed by atoms with Crippen molar-refractivity contribution in [3.05, 3.63) is 60.2 Å². The molecule has 0 aliphatic rings. The molecule has 2 N–H and O–H groups in total. The Morgan fingerprint density at radius 1 is 0.950 bits per heavy atom. The molecule has 0 amide bonds. The van der Waals surface area contributed by atoms with Crippen LogP contribution in [-0.4, -0.2) is 35.9 Å². The Bertz CT molecular complexity index is 624. The first-order valence-electron chi connectivity index (χ1n) is 5.51. The van der Waals surface area contributed by atoms with Gasteiger partial charge in [-0.25, -0.2) is 8.42 Å². The molecule has 0 aromatic heterocycles. The van der Waals surface area contributed by atoms with E-state index in [0.717, 1.165) is 5.56 Å². The normalized spacial score (nSPS) is 10.8. The summed E-state index contributed by atoms with van der Waals surface area (Å²) in [5.74, 6) is 0. The van der Waals surface area contributed by atoms with Gasteiger partial charge in [0.15, 0.2) is 0 Å². The summed E-state index contributed by atoms with van der Waals surface area (Å²) in [6.07, 6.45) is 0. The van der Waals surface area contributed by atoms with Crippen LogP contribution < -0.4 is 4.46 Å². The third-order valence-electron chi connectivity index (χ3n) is 2.26. The molecule has 0 saturated heterocycles. The van der Waals surface area contributed by atoms with Gasteiger partial charge in [-0.2, -0.15) is 0 Å². The van der Waals surface area contributed by atoms with Crippen molar-refractivity contribution in [2.24, 2.45) is 0 Å². The molecule has 5 nitrogen and oxygen atoms in total. The average Bonchev–Trinajstić information content (AvgIpc) is 2.40. The van der Waals surface area contributed by atoms with Crippen molar-refractivity contribution in [2.45, 2.75) is 11.8 Å². The van der Waals surface area contributed by atoms with Crippen molar-refractivity contribution >= 4 is 29.1 Å². The van der Waals surface area contributed by atoms with Crippen LogP contribution in [0.5, 0.6) is 0 Å². The zero-order valence-electron chi connectivity index (χ0n) is 10.6. The summed E-state index contributed by atoms with van der Waals surface area (Å²) in [7, 11) is -4.27. The van der Waals surface area contributed by atoms with Crippen LogP contribution in [-0.2, 0) is 10.1 Å². The summed E-state index contributed by atoms with van der Waals surface area (Å²) in [5, 5.41) is 0. The van der Waals surface area contributed by atoms with Crippen molar-refractivity contribution in [1.29, 1.82) is 0 Å². The van der Waals surface area contributed by atoms with Crippen LogP contribution in [0.15, 0.2) is 59.5 Å². The van der Waals surface area contributed by atoms with E-state index in [0.29, 0.717) is 4.46 Å². The monoisotopic (exact) mass is 362 g/mol. The molecular formula is C13H14O5SSe. The van der Waals surface area contributed by atoms with Crippen molar-refractivity contribution < 1.29 is 21.3 Å². The third kappa shape index (κ3) is 5.83. The van der Waals surface area contributed by atoms with Gasteiger partial charge in [0.05, 0.1) is 4.90 Å². The van der Waals surface area contributed by atoms with Gasteiger partial charge in [-0.3, -0.25) is 0 Å². The zero-order chi connectivity index (χ0) is 15.2. The van der Waals surface area contributed by atoms with Crippen LogP contribution in [0.4, 0.5) is 0 Å². The molecule has 0 spiro atoms. The van der Waals surface area contributed by atoms with Crippen molar-refractivity contribution in [2.75, 3.05) is 0 Å². The summed E-state index contributed by atoms with van der Waals surface area (Å²) in [5.41, 5.74) is 0.928. The molecule has 0 bridgehead atoms. The molecule has 108 valence electrons. The van der Waals surface area contributed by atoms with Crippen LogP contribution in [0.1, 0.15) is 5.56 Å². The third-order valence-corrected chi connectivity index (χ3v) is 4.57. The minimum absolute atomic E-state index is 0.178. The van der Waals surface area contributed by atoms with E-state index in [-0.39, 0.29) is 4.90 Å². The van der Waals surface area contributed by atoms with Gasteiger partial charge in [0.1, 0.15) is 10.1 Å². The van der Waals surface area contributed by atoms with Gasteiger partial charge in [0.25, 0.3) is 0 Å². The molecule has 0 aliphatic heterocycles. The van der Waals surface area contributed by atoms with E-state index in [2.05, 4.69) is 0 Å². The predicted octanol–water partition coefficient (Wildman–Crippen LogP) is 0.266. The van der Waals surface area contributed by atoms with Gasteiger partial charge < -0.3 is 4.55 Å². The second-order valence-corrected chi connectivity index (χ2v) is 7.32. The van der Waals surface area contributed by atoms with Gasteiger partial charge in [-0.15, -0.1) is 0 Å². The summed E-state index contributed by atoms with van der Waals surface area (Å²) in [6.45, 7) is 1.82. The maximum absolute atomic E-state index is 10.4. The molecule has 7 heteroatoms. The molecule has 0 atom stereocenters. The van der Waals surface area contributed by atoms with Crippen LogP contribution >= 0.6 is 0 Å². The first-order chi connectivity index (χ1) is 9.30. The summed E-state index contributed by atoms with van der Waals surface area (Å²) < 4.78 is 49.2. The number of benzene rings is 2. The summed E-state index contributed by atoms with van der Waals surface area (Å²) >= 11 is -2.41. The average molecular weight is 361 g/mol. The molecule has 0 heterocycles. The van der Waals surface area contributed by atoms with Crippen molar-refractivity contribution in [3.63, 3.8) is 0 Å². The minimum atomic E-state index is -4.27. The molecule has 0 aliphatic carbocycles. The second-order valence-electron chi connectivity index (χ2n) is 3.84. The molecule has 0 unspecified atom stereocenters. The van der Waals surface area contributed by atoms with E-state index < -0.39 is 24.7 Å². The van der Waals surface area contributed by atoms with E-state index in [1.165, 1.54) is 12.1 Å². The molecule has 2 aromatic carbocycles. The Labute approximate surface area is 122 Å². The molecule has 0 fully saturated rings. The van der Waals surface area contributed by atoms with Gasteiger partial charge in [0, 0.05) is 0 Å². The number of hydrogen-bond acceptors (Lipinski definition) is 5. The first-order valence-corrected chi connectivity index (χ1v) is 9.30. The summed E-state index contributed by atoms with van der Waals surface area (Å²) in [4.78, 5) is -0.178. The second kappa shape index (κ2) is 7.54. The van der Waals surface area contributed by atoms with E-state index in [1.807, 2.05) is 13.0 Å². The molecule has 2 aromatic rings. The molecule has 2 rings (SSSR count). The van der Waals surface area contributed by atoms with Gasteiger partial charge in [-0.05, 0) is 19.1 Å². The van der Waals surface area contributed by atoms with Crippen molar-refractivity contribution in [1.82, 2.24) is 0 Å². The number of rotatable bonds is 2. The topological polar surface area (TPSA) is 97.7 Å². The quantitative estimate of drug-likeness (QED) is 0.591. The van der Waals surface area contributed by atoms with Gasteiger partial charge in [-0.1, -0.05) is 17.7 Å². The molecule has 0 saturated carbocycles. The Hall–Kier alpha value is -1.21. The van der Waals surface area contributed by atoms with Crippen LogP contribution in [0.3, 0.4) is 0 Å². The zero-order valence-corrected chi connectivity index (χ0v) is 13.2. The number of hydrogen-bond donors (Lipinski definition) is 2. The van der Waals surface area contributed by atoms with E-state index in [9.17, 15) is 13.0 Å². The predicted molar refractivity (Wildman–Crippen MR) is 75.4 cm³/mol. The van der Waals surface area contributed by atoms with Crippen LogP contribution in [0, 0.1) is 6.92 Å². The van der Waals surface area contributed by atoms with Crippen LogP contribution in [0.2, 0.25) is 0 Å². The molecular weight excluding hydrogens is 347 g/mol. The Morgan fingerprint density at radius 2 is 1.45 bits per heavy atom. The standard InChI is InChI=1S/C7H8O3S.C6H7O2Se/c1-6-2-4-7(5-3-6)11(8,9)10;7-9(8)6-4-2-1-3-5-6/h2-5H,1H3,(H,8,9,10);1-5,7-8H/q;+1/p-1. The van der Waals surface area contributed by atoms with Gasteiger partial charge >= 0.3 is 57.7 Å². The fourth-order valence-corrected chi connectivity index (χ4v) is 2.56.